The van der Waals surface area contributed by atoms with E-state index < -0.39 is 0 Å². The van der Waals surface area contributed by atoms with Gasteiger partial charge in [0, 0.05) is 37.6 Å². The van der Waals surface area contributed by atoms with Crippen LogP contribution in [0.15, 0.2) is 42.1 Å². The minimum absolute atomic E-state index is 0.0330. The summed E-state index contributed by atoms with van der Waals surface area (Å²) in [5.74, 6) is 0.0330. The summed E-state index contributed by atoms with van der Waals surface area (Å²) in [4.78, 5) is 16.1. The normalized spacial score (nSPS) is 15.9. The Morgan fingerprint density at radius 2 is 1.83 bits per heavy atom. The van der Waals surface area contributed by atoms with Crippen molar-refractivity contribution >= 4 is 11.6 Å². The minimum Gasteiger partial charge on any atom is -0.375 e. The Morgan fingerprint density at radius 3 is 2.44 bits per heavy atom. The summed E-state index contributed by atoms with van der Waals surface area (Å²) in [6.07, 6.45) is 4.19. The first-order valence-electron chi connectivity index (χ1n) is 6.44. The topological polar surface area (TPSA) is 23.6 Å². The highest BCUT2D eigenvalue weighted by atomic mass is 16.2. The number of para-hydroxylation sites is 1. The van der Waals surface area contributed by atoms with Gasteiger partial charge in [0.05, 0.1) is 0 Å². The van der Waals surface area contributed by atoms with Crippen LogP contribution in [-0.4, -0.2) is 30.9 Å². The van der Waals surface area contributed by atoms with E-state index in [2.05, 4.69) is 4.90 Å². The van der Waals surface area contributed by atoms with Crippen LogP contribution in [0.2, 0.25) is 0 Å². The molecule has 1 amide bonds. The van der Waals surface area contributed by atoms with Gasteiger partial charge in [-0.2, -0.15) is 0 Å². The van der Waals surface area contributed by atoms with Gasteiger partial charge in [-0.3, -0.25) is 4.79 Å². The fourth-order valence-corrected chi connectivity index (χ4v) is 2.22. The van der Waals surface area contributed by atoms with Gasteiger partial charge in [-0.25, -0.2) is 0 Å². The molecule has 1 aromatic carbocycles. The molecule has 18 heavy (non-hydrogen) atoms. The van der Waals surface area contributed by atoms with Gasteiger partial charge >= 0.3 is 0 Å². The number of amides is 1. The van der Waals surface area contributed by atoms with Gasteiger partial charge in [0.25, 0.3) is 5.91 Å². The molecule has 0 aliphatic carbocycles. The quantitative estimate of drug-likeness (QED) is 0.763. The number of carbonyl (C=O) groups excluding carboxylic acids is 1. The second-order valence-electron chi connectivity index (χ2n) is 4.71. The standard InChI is InChI=1S/C15H20N2O/c1-13(17-10-6-7-11-17)12-15(18)16(2)14-8-4-3-5-9-14/h3-5,8-9,12H,6-7,10-11H2,1-2H3/b13-12-. The summed E-state index contributed by atoms with van der Waals surface area (Å²) in [5, 5.41) is 0. The monoisotopic (exact) mass is 244 g/mol. The number of anilines is 1. The SMILES string of the molecule is C/C(=C/C(=O)N(C)c1ccccc1)N1CCCC1. The molecule has 0 spiro atoms. The molecule has 0 saturated carbocycles. The van der Waals surface area contributed by atoms with Crippen LogP contribution < -0.4 is 4.90 Å². The van der Waals surface area contributed by atoms with Gasteiger partial charge in [-0.1, -0.05) is 18.2 Å². The van der Waals surface area contributed by atoms with Crippen molar-refractivity contribution < 1.29 is 4.79 Å². The Kier molecular flexibility index (Phi) is 4.03. The molecule has 1 saturated heterocycles. The van der Waals surface area contributed by atoms with Crippen molar-refractivity contribution in [1.82, 2.24) is 4.90 Å². The molecule has 0 N–H and O–H groups in total. The second-order valence-corrected chi connectivity index (χ2v) is 4.71. The summed E-state index contributed by atoms with van der Waals surface area (Å²) in [6, 6.07) is 9.72. The molecule has 1 aliphatic heterocycles. The van der Waals surface area contributed by atoms with Crippen molar-refractivity contribution in [3.05, 3.63) is 42.1 Å². The highest BCUT2D eigenvalue weighted by molar-refractivity contribution is 6.01. The molecule has 1 aliphatic rings. The zero-order valence-electron chi connectivity index (χ0n) is 11.1. The van der Waals surface area contributed by atoms with Crippen LogP contribution in [0.25, 0.3) is 0 Å². The van der Waals surface area contributed by atoms with Crippen molar-refractivity contribution in [1.29, 1.82) is 0 Å². The molecule has 1 heterocycles. The van der Waals surface area contributed by atoms with Crippen molar-refractivity contribution in [3.8, 4) is 0 Å². The van der Waals surface area contributed by atoms with Crippen molar-refractivity contribution in [2.24, 2.45) is 0 Å². The summed E-state index contributed by atoms with van der Waals surface area (Å²) < 4.78 is 0. The number of benzene rings is 1. The van der Waals surface area contributed by atoms with Crippen LogP contribution in [0.3, 0.4) is 0 Å². The molecule has 1 fully saturated rings. The molecule has 1 aromatic rings. The van der Waals surface area contributed by atoms with Crippen LogP contribution in [0.4, 0.5) is 5.69 Å². The Morgan fingerprint density at radius 1 is 1.22 bits per heavy atom. The van der Waals surface area contributed by atoms with Crippen molar-refractivity contribution in [2.45, 2.75) is 19.8 Å². The van der Waals surface area contributed by atoms with Crippen LogP contribution in [-0.2, 0) is 4.79 Å². The first kappa shape index (κ1) is 12.7. The average molecular weight is 244 g/mol. The van der Waals surface area contributed by atoms with Crippen molar-refractivity contribution in [2.75, 3.05) is 25.0 Å². The number of likely N-dealkylation sites (N-methyl/N-ethyl adjacent to an activating group) is 1. The van der Waals surface area contributed by atoms with E-state index in [0.29, 0.717) is 0 Å². The van der Waals surface area contributed by atoms with Gasteiger partial charge in [0.15, 0.2) is 0 Å². The number of allylic oxidation sites excluding steroid dienone is 1. The zero-order valence-corrected chi connectivity index (χ0v) is 11.1. The zero-order chi connectivity index (χ0) is 13.0. The lowest BCUT2D eigenvalue weighted by atomic mass is 10.3. The Bertz CT molecular complexity index is 433. The molecule has 0 bridgehead atoms. The average Bonchev–Trinajstić information content (AvgIpc) is 2.92. The van der Waals surface area contributed by atoms with Crippen LogP contribution in [0.1, 0.15) is 19.8 Å². The number of rotatable bonds is 3. The fourth-order valence-electron chi connectivity index (χ4n) is 2.22. The van der Waals surface area contributed by atoms with E-state index in [-0.39, 0.29) is 5.91 Å². The van der Waals surface area contributed by atoms with Gasteiger partial charge in [0.2, 0.25) is 0 Å². The largest absolute Gasteiger partial charge is 0.375 e. The molecule has 3 heteroatoms. The number of carbonyl (C=O) groups is 1. The molecular formula is C15H20N2O. The van der Waals surface area contributed by atoms with Gasteiger partial charge in [-0.05, 0) is 31.9 Å². The van der Waals surface area contributed by atoms with Gasteiger partial charge < -0.3 is 9.80 Å². The van der Waals surface area contributed by atoms with Crippen LogP contribution in [0, 0.1) is 0 Å². The third kappa shape index (κ3) is 2.92. The Balaban J connectivity index is 2.05. The minimum atomic E-state index is 0.0330. The highest BCUT2D eigenvalue weighted by Gasteiger charge is 2.14. The molecule has 0 radical (unpaired) electrons. The lowest BCUT2D eigenvalue weighted by molar-refractivity contribution is -0.114. The first-order chi connectivity index (χ1) is 8.68. The number of hydrogen-bond donors (Lipinski definition) is 0. The van der Waals surface area contributed by atoms with Crippen molar-refractivity contribution in [3.63, 3.8) is 0 Å². The van der Waals surface area contributed by atoms with Crippen LogP contribution in [0.5, 0.6) is 0 Å². The maximum Gasteiger partial charge on any atom is 0.252 e. The highest BCUT2D eigenvalue weighted by Crippen LogP contribution is 2.16. The second kappa shape index (κ2) is 5.71. The predicted octanol–water partition coefficient (Wildman–Crippen LogP) is 2.65. The third-order valence-electron chi connectivity index (χ3n) is 3.41. The molecule has 3 nitrogen and oxygen atoms in total. The van der Waals surface area contributed by atoms with Crippen LogP contribution >= 0.6 is 0 Å². The molecule has 96 valence electrons. The van der Waals surface area contributed by atoms with E-state index in [1.54, 1.807) is 11.0 Å². The number of hydrogen-bond acceptors (Lipinski definition) is 2. The molecule has 0 unspecified atom stereocenters. The summed E-state index contributed by atoms with van der Waals surface area (Å²) in [7, 11) is 1.81. The number of nitrogens with zero attached hydrogens (tertiary/aromatic N) is 2. The molecular weight excluding hydrogens is 224 g/mol. The molecule has 2 rings (SSSR count). The predicted molar refractivity (Wildman–Crippen MR) is 74.4 cm³/mol. The van der Waals surface area contributed by atoms with E-state index in [0.717, 1.165) is 24.5 Å². The lowest BCUT2D eigenvalue weighted by Crippen LogP contribution is -2.26. The Hall–Kier alpha value is -1.77. The fraction of sp³-hybridized carbons (Fsp3) is 0.400. The third-order valence-corrected chi connectivity index (χ3v) is 3.41. The lowest BCUT2D eigenvalue weighted by Gasteiger charge is -2.20. The first-order valence-corrected chi connectivity index (χ1v) is 6.44. The van der Waals surface area contributed by atoms with Gasteiger partial charge in [-0.15, -0.1) is 0 Å². The van der Waals surface area contributed by atoms with E-state index in [1.165, 1.54) is 12.8 Å². The maximum absolute atomic E-state index is 12.1. The van der Waals surface area contributed by atoms with E-state index in [4.69, 9.17) is 0 Å². The van der Waals surface area contributed by atoms with E-state index in [9.17, 15) is 4.79 Å². The molecule has 0 atom stereocenters. The Labute approximate surface area is 109 Å². The number of likely N-dealkylation sites (tertiary alicyclic amines) is 1. The summed E-state index contributed by atoms with van der Waals surface area (Å²) in [6.45, 7) is 4.16. The summed E-state index contributed by atoms with van der Waals surface area (Å²) >= 11 is 0. The smallest absolute Gasteiger partial charge is 0.252 e. The maximum atomic E-state index is 12.1. The van der Waals surface area contributed by atoms with E-state index in [1.807, 2.05) is 44.3 Å². The molecule has 0 aromatic heterocycles. The van der Waals surface area contributed by atoms with Gasteiger partial charge in [0.1, 0.15) is 0 Å². The van der Waals surface area contributed by atoms with E-state index >= 15 is 0 Å². The summed E-state index contributed by atoms with van der Waals surface area (Å²) in [5.41, 5.74) is 1.99.